The number of hydrogen-bond acceptors (Lipinski definition) is 8. The van der Waals surface area contributed by atoms with Gasteiger partial charge >= 0.3 is 6.01 Å². The molecule has 3 heterocycles. The number of ether oxygens (including phenoxy) is 1. The number of carbonyl (C=O) groups is 1. The Morgan fingerprint density at radius 2 is 2.03 bits per heavy atom. The molecule has 1 aromatic carbocycles. The molecule has 3 aliphatic rings. The molecule has 5 rings (SSSR count). The van der Waals surface area contributed by atoms with Crippen LogP contribution in [0.3, 0.4) is 0 Å². The Kier molecular flexibility index (Phi) is 7.63. The summed E-state index contributed by atoms with van der Waals surface area (Å²) >= 11 is 0. The van der Waals surface area contributed by atoms with Gasteiger partial charge in [0.05, 0.1) is 18.6 Å². The van der Waals surface area contributed by atoms with Crippen molar-refractivity contribution in [3.63, 3.8) is 0 Å². The molecular weight excluding hydrogens is 501 g/mol. The van der Waals surface area contributed by atoms with Crippen molar-refractivity contribution in [3.8, 4) is 5.75 Å². The largest absolute Gasteiger partial charge is 0.493 e. The lowest BCUT2D eigenvalue weighted by Gasteiger charge is -2.45. The Balaban J connectivity index is 1.03. The first-order valence-electron chi connectivity index (χ1n) is 14.2. The van der Waals surface area contributed by atoms with Gasteiger partial charge in [-0.3, -0.25) is 4.79 Å². The van der Waals surface area contributed by atoms with Gasteiger partial charge in [0.25, 0.3) is 0 Å². The van der Waals surface area contributed by atoms with E-state index in [-0.39, 0.29) is 29.7 Å². The number of halogens is 1. The summed E-state index contributed by atoms with van der Waals surface area (Å²) in [4.78, 5) is 20.8. The number of piperidine rings is 1. The average Bonchev–Trinajstić information content (AvgIpc) is 3.26. The van der Waals surface area contributed by atoms with Crippen molar-refractivity contribution in [2.75, 3.05) is 37.7 Å². The predicted molar refractivity (Wildman–Crippen MR) is 145 cm³/mol. The van der Waals surface area contributed by atoms with Gasteiger partial charge in [-0.1, -0.05) is 25.1 Å². The number of nitrogens with two attached hydrogens (primary N) is 1. The van der Waals surface area contributed by atoms with Crippen molar-refractivity contribution in [2.24, 2.45) is 23.5 Å². The van der Waals surface area contributed by atoms with Crippen molar-refractivity contribution in [1.82, 2.24) is 15.0 Å². The van der Waals surface area contributed by atoms with Crippen LogP contribution in [0, 0.1) is 23.6 Å². The second-order valence-electron chi connectivity index (χ2n) is 12.6. The summed E-state index contributed by atoms with van der Waals surface area (Å²) in [5.41, 5.74) is 6.00. The zero-order valence-electron chi connectivity index (χ0n) is 23.5. The van der Waals surface area contributed by atoms with Crippen LogP contribution in [0.4, 0.5) is 10.4 Å². The number of amides is 1. The molecule has 3 N–H and O–H groups in total. The molecular formula is C29H42FN5O4. The lowest BCUT2D eigenvalue weighted by atomic mass is 9.84. The first-order valence-corrected chi connectivity index (χ1v) is 14.2. The molecule has 0 bridgehead atoms. The molecule has 0 unspecified atom stereocenters. The average molecular weight is 544 g/mol. The van der Waals surface area contributed by atoms with Crippen LogP contribution in [0.25, 0.3) is 0 Å². The maximum Gasteiger partial charge on any atom is 0.324 e. The second kappa shape index (κ2) is 10.7. The van der Waals surface area contributed by atoms with Crippen molar-refractivity contribution in [3.05, 3.63) is 35.4 Å². The van der Waals surface area contributed by atoms with E-state index in [0.717, 1.165) is 44.6 Å². The van der Waals surface area contributed by atoms with Gasteiger partial charge in [-0.15, -0.1) is 0 Å². The lowest BCUT2D eigenvalue weighted by molar-refractivity contribution is -0.143. The number of nitrogens with zero attached hydrogens (tertiary/aromatic N) is 4. The normalized spacial score (nSPS) is 24.3. The number of hydrogen-bond donors (Lipinski definition) is 2. The van der Waals surface area contributed by atoms with E-state index in [1.807, 2.05) is 0 Å². The minimum absolute atomic E-state index is 0.00246. The van der Waals surface area contributed by atoms with Gasteiger partial charge in [-0.25, -0.2) is 4.39 Å². The first kappa shape index (κ1) is 27.8. The molecule has 2 aliphatic heterocycles. The zero-order chi connectivity index (χ0) is 27.9. The SMILES string of the molecule is CC(C)c1noc(N2CCC([C@H]3C[C@@]3(N)CCOc3ccc(CC(=O)N4CC(C(C)(C)O)C4)c(F)c3)CC2)n1. The highest BCUT2D eigenvalue weighted by Gasteiger charge is 2.54. The summed E-state index contributed by atoms with van der Waals surface area (Å²) in [7, 11) is 0. The molecule has 1 amide bonds. The quantitative estimate of drug-likeness (QED) is 0.468. The van der Waals surface area contributed by atoms with Crippen LogP contribution in [-0.4, -0.2) is 70.0 Å². The van der Waals surface area contributed by atoms with Crippen LogP contribution in [-0.2, 0) is 11.2 Å². The van der Waals surface area contributed by atoms with Gasteiger partial charge in [0.1, 0.15) is 11.6 Å². The van der Waals surface area contributed by atoms with E-state index in [1.54, 1.807) is 30.9 Å². The van der Waals surface area contributed by atoms with Crippen LogP contribution in [0.2, 0.25) is 0 Å². The van der Waals surface area contributed by atoms with Crippen molar-refractivity contribution >= 4 is 11.9 Å². The summed E-state index contributed by atoms with van der Waals surface area (Å²) in [6, 6.07) is 5.30. The number of anilines is 1. The summed E-state index contributed by atoms with van der Waals surface area (Å²) < 4.78 is 26.0. The highest BCUT2D eigenvalue weighted by Crippen LogP contribution is 2.51. The maximum atomic E-state index is 14.7. The molecule has 39 heavy (non-hydrogen) atoms. The number of benzene rings is 1. The predicted octanol–water partition coefficient (Wildman–Crippen LogP) is 3.51. The van der Waals surface area contributed by atoms with E-state index in [1.165, 1.54) is 6.07 Å². The van der Waals surface area contributed by atoms with Crippen molar-refractivity contribution in [1.29, 1.82) is 0 Å². The minimum Gasteiger partial charge on any atom is -0.493 e. The van der Waals surface area contributed by atoms with Crippen LogP contribution in [0.5, 0.6) is 5.75 Å². The highest BCUT2D eigenvalue weighted by atomic mass is 19.1. The standard InChI is InChI=1S/C29H42FN5O4/c1-18(2)26-32-27(39-33-26)34-10-7-19(8-11-34)23-15-29(23,31)9-12-38-22-6-5-20(24(30)14-22)13-25(36)35-16-21(17-35)28(3,4)37/h5-6,14,18-19,21,23,37H,7-13,15-17,31H2,1-4H3/t23-,29+/m1/s1. The van der Waals surface area contributed by atoms with Crippen LogP contribution in [0.15, 0.2) is 22.7 Å². The highest BCUT2D eigenvalue weighted by molar-refractivity contribution is 5.79. The summed E-state index contributed by atoms with van der Waals surface area (Å²) in [6.07, 6.45) is 3.80. The maximum absolute atomic E-state index is 14.7. The fourth-order valence-corrected chi connectivity index (χ4v) is 5.88. The molecule has 10 heteroatoms. The third-order valence-corrected chi connectivity index (χ3v) is 8.94. The van der Waals surface area contributed by atoms with Gasteiger partial charge in [-0.05, 0) is 63.0 Å². The molecule has 2 aromatic rings. The molecule has 2 atom stereocenters. The molecule has 214 valence electrons. The third kappa shape index (κ3) is 6.22. The lowest BCUT2D eigenvalue weighted by Crippen LogP contribution is -2.57. The van der Waals surface area contributed by atoms with E-state index in [4.69, 9.17) is 15.0 Å². The van der Waals surface area contributed by atoms with Crippen molar-refractivity contribution in [2.45, 2.75) is 76.9 Å². The molecule has 0 radical (unpaired) electrons. The van der Waals surface area contributed by atoms with E-state index in [2.05, 4.69) is 28.9 Å². The van der Waals surface area contributed by atoms with Gasteiger partial charge in [0.15, 0.2) is 5.82 Å². The first-order chi connectivity index (χ1) is 18.4. The van der Waals surface area contributed by atoms with Crippen LogP contribution < -0.4 is 15.4 Å². The van der Waals surface area contributed by atoms with E-state index < -0.39 is 11.4 Å². The third-order valence-electron chi connectivity index (χ3n) is 8.94. The van der Waals surface area contributed by atoms with Gasteiger partial charge in [-0.2, -0.15) is 4.98 Å². The molecule has 2 saturated heterocycles. The fourth-order valence-electron chi connectivity index (χ4n) is 5.88. The Labute approximate surface area is 229 Å². The Hall–Kier alpha value is -2.72. The molecule has 9 nitrogen and oxygen atoms in total. The number of aromatic nitrogens is 2. The molecule has 1 aliphatic carbocycles. The monoisotopic (exact) mass is 543 g/mol. The zero-order valence-corrected chi connectivity index (χ0v) is 23.5. The summed E-state index contributed by atoms with van der Waals surface area (Å²) in [5, 5.41) is 14.1. The van der Waals surface area contributed by atoms with E-state index in [9.17, 15) is 14.3 Å². The smallest absolute Gasteiger partial charge is 0.324 e. The van der Waals surface area contributed by atoms with Crippen LogP contribution in [0.1, 0.15) is 70.7 Å². The Morgan fingerprint density at radius 3 is 2.64 bits per heavy atom. The Bertz CT molecular complexity index is 1170. The van der Waals surface area contributed by atoms with Gasteiger partial charge in [0, 0.05) is 49.6 Å². The number of carbonyl (C=O) groups excluding carboxylic acids is 1. The minimum atomic E-state index is -0.810. The van der Waals surface area contributed by atoms with Crippen LogP contribution >= 0.6 is 0 Å². The van der Waals surface area contributed by atoms with E-state index >= 15 is 0 Å². The van der Waals surface area contributed by atoms with Crippen molar-refractivity contribution < 1.29 is 23.6 Å². The van der Waals surface area contributed by atoms with Gasteiger partial charge in [0.2, 0.25) is 5.91 Å². The fraction of sp³-hybridized carbons (Fsp3) is 0.690. The summed E-state index contributed by atoms with van der Waals surface area (Å²) in [5.74, 6) is 1.96. The topological polar surface area (TPSA) is 118 Å². The number of aliphatic hydroxyl groups is 1. The molecule has 1 saturated carbocycles. The van der Waals surface area contributed by atoms with Gasteiger partial charge < -0.3 is 29.9 Å². The molecule has 1 aromatic heterocycles. The number of rotatable bonds is 10. The van der Waals surface area contributed by atoms with E-state index in [0.29, 0.717) is 48.9 Å². The second-order valence-corrected chi connectivity index (χ2v) is 12.6. The molecule has 3 fully saturated rings. The summed E-state index contributed by atoms with van der Waals surface area (Å²) in [6.45, 7) is 10.8. The Morgan fingerprint density at radius 1 is 1.31 bits per heavy atom. The number of likely N-dealkylation sites (tertiary alicyclic amines) is 1. The molecule has 0 spiro atoms.